The van der Waals surface area contributed by atoms with Gasteiger partial charge in [0.2, 0.25) is 5.91 Å². The summed E-state index contributed by atoms with van der Waals surface area (Å²) >= 11 is 6.66. The number of nitrogens with one attached hydrogen (secondary N) is 2. The van der Waals surface area contributed by atoms with Crippen LogP contribution in [0.5, 0.6) is 5.75 Å². The molecule has 12 heteroatoms. The minimum atomic E-state index is -0.569. The lowest BCUT2D eigenvalue weighted by molar-refractivity contribution is -0.145. The van der Waals surface area contributed by atoms with E-state index in [1.54, 1.807) is 26.0 Å². The molecule has 1 aromatic heterocycles. The van der Waals surface area contributed by atoms with E-state index in [1.165, 1.54) is 6.33 Å². The molecule has 1 aliphatic heterocycles. The van der Waals surface area contributed by atoms with Crippen LogP contribution < -0.4 is 20.3 Å². The summed E-state index contributed by atoms with van der Waals surface area (Å²) < 4.78 is 5.70. The van der Waals surface area contributed by atoms with Crippen molar-refractivity contribution in [2.45, 2.75) is 79.3 Å². The number of ether oxygens (including phenoxy) is 1. The maximum absolute atomic E-state index is 14.0. The molecule has 4 rings (SSSR count). The van der Waals surface area contributed by atoms with Crippen LogP contribution in [-0.2, 0) is 20.8 Å². The fourth-order valence-electron chi connectivity index (χ4n) is 6.27. The normalized spacial score (nSPS) is 15.9. The molecule has 1 saturated heterocycles. The predicted molar refractivity (Wildman–Crippen MR) is 196 cm³/mol. The number of carbonyl (C=O) groups is 3. The summed E-state index contributed by atoms with van der Waals surface area (Å²) in [5.41, 5.74) is 2.63. The van der Waals surface area contributed by atoms with E-state index >= 15 is 0 Å². The largest absolute Gasteiger partial charge is 0.496 e. The van der Waals surface area contributed by atoms with Gasteiger partial charge in [-0.15, -0.1) is 12.4 Å². The van der Waals surface area contributed by atoms with Gasteiger partial charge in [0.15, 0.2) is 5.78 Å². The van der Waals surface area contributed by atoms with E-state index in [1.807, 2.05) is 51.1 Å². The number of benzene rings is 2. The third kappa shape index (κ3) is 8.76. The average molecular weight is 702 g/mol. The molecule has 2 aromatic carbocycles. The molecule has 0 aliphatic carbocycles. The van der Waals surface area contributed by atoms with Crippen molar-refractivity contribution < 1.29 is 19.1 Å². The second kappa shape index (κ2) is 16.8. The number of ketones is 2. The van der Waals surface area contributed by atoms with Crippen LogP contribution in [0.15, 0.2) is 36.7 Å². The fraction of sp³-hybridized carbons (Fsp3) is 0.528. The van der Waals surface area contributed by atoms with Gasteiger partial charge in [0.1, 0.15) is 23.7 Å². The zero-order valence-corrected chi connectivity index (χ0v) is 30.9. The summed E-state index contributed by atoms with van der Waals surface area (Å²) in [6, 6.07) is 8.60. The van der Waals surface area contributed by atoms with Gasteiger partial charge in [0.05, 0.1) is 35.4 Å². The third-order valence-electron chi connectivity index (χ3n) is 9.29. The Bertz CT molecular complexity index is 1610. The van der Waals surface area contributed by atoms with Crippen LogP contribution in [0.25, 0.3) is 10.9 Å². The Balaban J connectivity index is 0.00000625. The summed E-state index contributed by atoms with van der Waals surface area (Å²) in [7, 11) is 3.30. The number of likely N-dealkylation sites (N-methyl/N-ethyl adjacent to an activating group) is 1. The highest BCUT2D eigenvalue weighted by molar-refractivity contribution is 6.33. The molecule has 0 radical (unpaired) electrons. The Labute approximate surface area is 295 Å². The molecule has 48 heavy (non-hydrogen) atoms. The number of anilines is 3. The van der Waals surface area contributed by atoms with Gasteiger partial charge in [0, 0.05) is 61.1 Å². The van der Waals surface area contributed by atoms with Crippen molar-refractivity contribution in [3.8, 4) is 5.75 Å². The zero-order chi connectivity index (χ0) is 34.5. The molecule has 0 bridgehead atoms. The monoisotopic (exact) mass is 700 g/mol. The lowest BCUT2D eigenvalue weighted by Gasteiger charge is -2.35. The van der Waals surface area contributed by atoms with Crippen molar-refractivity contribution in [1.29, 1.82) is 0 Å². The van der Waals surface area contributed by atoms with Gasteiger partial charge in [0.25, 0.3) is 0 Å². The number of carbonyl (C=O) groups excluding carboxylic acids is 3. The predicted octanol–water partition coefficient (Wildman–Crippen LogP) is 6.64. The fourth-order valence-corrected chi connectivity index (χ4v) is 6.57. The van der Waals surface area contributed by atoms with Crippen LogP contribution in [0, 0.1) is 11.3 Å². The van der Waals surface area contributed by atoms with Crippen molar-refractivity contribution >= 4 is 69.6 Å². The molecule has 1 amide bonds. The molecule has 1 aliphatic rings. The van der Waals surface area contributed by atoms with Gasteiger partial charge in [-0.25, -0.2) is 9.97 Å². The zero-order valence-electron chi connectivity index (χ0n) is 29.4. The number of methoxy groups -OCH3 is 1. The second-order valence-electron chi connectivity index (χ2n) is 13.3. The number of likely N-dealkylation sites (tertiary alicyclic amines) is 1. The van der Waals surface area contributed by atoms with Gasteiger partial charge in [-0.3, -0.25) is 14.4 Å². The van der Waals surface area contributed by atoms with Crippen LogP contribution in [0.1, 0.15) is 66.4 Å². The molecule has 2 heterocycles. The van der Waals surface area contributed by atoms with E-state index in [0.717, 1.165) is 36.3 Å². The summed E-state index contributed by atoms with van der Waals surface area (Å²) in [5.74, 6) is 0.357. The number of hydrogen-bond donors (Lipinski definition) is 2. The van der Waals surface area contributed by atoms with Crippen LogP contribution in [0.3, 0.4) is 0 Å². The van der Waals surface area contributed by atoms with Gasteiger partial charge in [-0.05, 0) is 70.3 Å². The molecule has 10 nitrogen and oxygen atoms in total. The minimum absolute atomic E-state index is 0. The first-order chi connectivity index (χ1) is 22.3. The summed E-state index contributed by atoms with van der Waals surface area (Å²) in [5, 5.41) is 7.71. The standard InChI is InChI=1S/C36H49ClN6O4.ClH/c1-9-42(10-2)29-14-13-24(18-27(29)37)41-34-25-16-23(33(47-8)20-28(25)39-21-40-34)17-32(45)30-12-11-15-43(30)35(46)26(36(4,5)6)19-31(44)22(3)38-7;/h13-14,16,18,20-22,26,30,38H,9-12,15,17,19H2,1-8H3,(H,39,40,41);1H/t22-,26+,30-;/m0./s1. The third-order valence-corrected chi connectivity index (χ3v) is 9.59. The summed E-state index contributed by atoms with van der Waals surface area (Å²) in [6.07, 6.45) is 2.99. The van der Waals surface area contributed by atoms with Gasteiger partial charge < -0.3 is 25.2 Å². The first-order valence-electron chi connectivity index (χ1n) is 16.5. The molecular formula is C36H50Cl2N6O4. The number of halogens is 2. The molecule has 0 saturated carbocycles. The first kappa shape index (κ1) is 39.0. The van der Waals surface area contributed by atoms with Crippen molar-refractivity contribution in [3.63, 3.8) is 0 Å². The van der Waals surface area contributed by atoms with E-state index in [0.29, 0.717) is 40.6 Å². The molecule has 3 atom stereocenters. The van der Waals surface area contributed by atoms with E-state index in [2.05, 4.69) is 39.3 Å². The maximum Gasteiger partial charge on any atom is 0.227 e. The number of rotatable bonds is 14. The molecule has 0 unspecified atom stereocenters. The van der Waals surface area contributed by atoms with Crippen molar-refractivity contribution in [1.82, 2.24) is 20.2 Å². The van der Waals surface area contributed by atoms with Gasteiger partial charge in [-0.2, -0.15) is 0 Å². The molecule has 2 N–H and O–H groups in total. The number of aromatic nitrogens is 2. The Morgan fingerprint density at radius 1 is 1.12 bits per heavy atom. The molecule has 3 aromatic rings. The van der Waals surface area contributed by atoms with E-state index in [4.69, 9.17) is 16.3 Å². The molecule has 0 spiro atoms. The highest BCUT2D eigenvalue weighted by Gasteiger charge is 2.42. The van der Waals surface area contributed by atoms with Crippen molar-refractivity contribution in [2.24, 2.45) is 11.3 Å². The number of nitrogens with zero attached hydrogens (tertiary/aromatic N) is 4. The van der Waals surface area contributed by atoms with E-state index in [-0.39, 0.29) is 48.8 Å². The number of hydrogen-bond acceptors (Lipinski definition) is 9. The van der Waals surface area contributed by atoms with Gasteiger partial charge >= 0.3 is 0 Å². The highest BCUT2D eigenvalue weighted by atomic mass is 35.5. The number of amides is 1. The average Bonchev–Trinajstić information content (AvgIpc) is 3.54. The SMILES string of the molecule is CCN(CC)c1ccc(Nc2ncnc3cc(OC)c(CC(=O)[C@@H]4CCCN4C(=O)[C@@H](CC(=O)[C@H](C)NC)C(C)(C)C)cc23)cc1Cl.Cl. The lowest BCUT2D eigenvalue weighted by atomic mass is 9.76. The van der Waals surface area contributed by atoms with E-state index < -0.39 is 17.4 Å². The summed E-state index contributed by atoms with van der Waals surface area (Å²) in [6.45, 7) is 14.1. The van der Waals surface area contributed by atoms with Crippen LogP contribution in [-0.4, -0.2) is 78.2 Å². The van der Waals surface area contributed by atoms with Gasteiger partial charge in [-0.1, -0.05) is 32.4 Å². The Hall–Kier alpha value is -3.47. The molecular weight excluding hydrogens is 651 g/mol. The van der Waals surface area contributed by atoms with Crippen LogP contribution in [0.4, 0.5) is 17.2 Å². The molecule has 262 valence electrons. The van der Waals surface area contributed by atoms with Crippen molar-refractivity contribution in [2.75, 3.05) is 44.0 Å². The van der Waals surface area contributed by atoms with Crippen molar-refractivity contribution in [3.05, 3.63) is 47.2 Å². The highest BCUT2D eigenvalue weighted by Crippen LogP contribution is 2.36. The Morgan fingerprint density at radius 2 is 1.83 bits per heavy atom. The van der Waals surface area contributed by atoms with Crippen LogP contribution >= 0.6 is 24.0 Å². The van der Waals surface area contributed by atoms with Crippen LogP contribution in [0.2, 0.25) is 5.02 Å². The van der Waals surface area contributed by atoms with E-state index in [9.17, 15) is 14.4 Å². The maximum atomic E-state index is 14.0. The second-order valence-corrected chi connectivity index (χ2v) is 13.7. The smallest absolute Gasteiger partial charge is 0.227 e. The summed E-state index contributed by atoms with van der Waals surface area (Å²) in [4.78, 5) is 53.6. The lowest BCUT2D eigenvalue weighted by Crippen LogP contribution is -2.48. The number of Topliss-reactive ketones (excluding diaryl/α,β-unsaturated/α-hetero) is 2. The topological polar surface area (TPSA) is 117 Å². The minimum Gasteiger partial charge on any atom is -0.496 e. The number of fused-ring (bicyclic) bond motifs is 1. The first-order valence-corrected chi connectivity index (χ1v) is 16.9. The molecule has 1 fully saturated rings. The Kier molecular flexibility index (Phi) is 13.6. The quantitative estimate of drug-likeness (QED) is 0.191. The Morgan fingerprint density at radius 3 is 2.44 bits per heavy atom.